The molecule has 0 N–H and O–H groups in total. The third-order valence-corrected chi connectivity index (χ3v) is 7.19. The molecular formula is C23H24N2O2S. The minimum Gasteiger partial charge on any atom is -0.249 e. The highest BCUT2D eigenvalue weighted by molar-refractivity contribution is 7.92. The zero-order valence-electron chi connectivity index (χ0n) is 16.4. The Hall–Kier alpha value is -2.66. The molecule has 0 aliphatic carbocycles. The number of sulfonamides is 1. The van der Waals surface area contributed by atoms with Crippen LogP contribution >= 0.6 is 0 Å². The Kier molecular flexibility index (Phi) is 4.50. The van der Waals surface area contributed by atoms with Crippen molar-refractivity contribution in [1.29, 1.82) is 0 Å². The lowest BCUT2D eigenvalue weighted by atomic mass is 9.79. The summed E-state index contributed by atoms with van der Waals surface area (Å²) in [5.41, 5.74) is 3.68. The molecule has 0 saturated carbocycles. The predicted octanol–water partition coefficient (Wildman–Crippen LogP) is 4.41. The van der Waals surface area contributed by atoms with Crippen molar-refractivity contribution in [3.63, 3.8) is 0 Å². The molecule has 1 aromatic heterocycles. The lowest BCUT2D eigenvalue weighted by Crippen LogP contribution is -2.36. The van der Waals surface area contributed by atoms with Crippen molar-refractivity contribution in [2.45, 2.75) is 37.5 Å². The molecule has 0 spiro atoms. The van der Waals surface area contributed by atoms with Gasteiger partial charge >= 0.3 is 0 Å². The molecule has 5 heteroatoms. The molecule has 0 radical (unpaired) electrons. The number of hydrogen-bond acceptors (Lipinski definition) is 3. The third kappa shape index (κ3) is 3.20. The van der Waals surface area contributed by atoms with Gasteiger partial charge in [-0.1, -0.05) is 61.0 Å². The fraction of sp³-hybridized carbons (Fsp3) is 0.261. The average molecular weight is 393 g/mol. The lowest BCUT2D eigenvalue weighted by Gasteiger charge is -2.26. The Morgan fingerprint density at radius 2 is 1.64 bits per heavy atom. The van der Waals surface area contributed by atoms with Gasteiger partial charge in [0.25, 0.3) is 10.0 Å². The van der Waals surface area contributed by atoms with Crippen LogP contribution < -0.4 is 4.31 Å². The molecule has 3 aromatic rings. The van der Waals surface area contributed by atoms with Crippen LogP contribution in [0.5, 0.6) is 0 Å². The monoisotopic (exact) mass is 392 g/mol. The zero-order chi connectivity index (χ0) is 19.9. The average Bonchev–Trinajstić information content (AvgIpc) is 2.95. The van der Waals surface area contributed by atoms with Crippen LogP contribution in [0.15, 0.2) is 71.6 Å². The van der Waals surface area contributed by atoms with Gasteiger partial charge in [-0.2, -0.15) is 0 Å². The van der Waals surface area contributed by atoms with E-state index in [0.717, 1.165) is 23.2 Å². The van der Waals surface area contributed by atoms with Gasteiger partial charge in [0.1, 0.15) is 5.82 Å². The van der Waals surface area contributed by atoms with E-state index in [1.165, 1.54) is 9.87 Å². The highest BCUT2D eigenvalue weighted by atomic mass is 32.2. The first-order valence-corrected chi connectivity index (χ1v) is 10.9. The summed E-state index contributed by atoms with van der Waals surface area (Å²) in [7, 11) is -3.68. The molecule has 1 unspecified atom stereocenters. The number of hydrogen-bond donors (Lipinski definition) is 0. The van der Waals surface area contributed by atoms with Crippen molar-refractivity contribution in [1.82, 2.24) is 4.98 Å². The first-order valence-electron chi connectivity index (χ1n) is 9.41. The van der Waals surface area contributed by atoms with E-state index in [-0.39, 0.29) is 5.41 Å². The largest absolute Gasteiger partial charge is 0.265 e. The molecule has 1 aliphatic rings. The van der Waals surface area contributed by atoms with Crippen molar-refractivity contribution in [2.75, 3.05) is 10.8 Å². The van der Waals surface area contributed by atoms with Crippen LogP contribution in [-0.2, 0) is 21.9 Å². The quantitative estimate of drug-likeness (QED) is 0.661. The fourth-order valence-corrected chi connectivity index (χ4v) is 5.47. The normalized spacial score (nSPS) is 18.9. The summed E-state index contributed by atoms with van der Waals surface area (Å²) >= 11 is 0. The maximum absolute atomic E-state index is 13.4. The molecular weight excluding hydrogens is 368 g/mol. The summed E-state index contributed by atoms with van der Waals surface area (Å²) in [6, 6.07) is 21.2. The predicted molar refractivity (Wildman–Crippen MR) is 112 cm³/mol. The summed E-state index contributed by atoms with van der Waals surface area (Å²) in [6.45, 7) is 6.34. The van der Waals surface area contributed by atoms with Crippen molar-refractivity contribution < 1.29 is 8.42 Å². The molecule has 0 amide bonds. The Morgan fingerprint density at radius 3 is 2.32 bits per heavy atom. The van der Waals surface area contributed by atoms with Crippen LogP contribution in [0.3, 0.4) is 0 Å². The van der Waals surface area contributed by atoms with Crippen molar-refractivity contribution in [3.8, 4) is 0 Å². The zero-order valence-corrected chi connectivity index (χ0v) is 17.2. The number of anilines is 1. The molecule has 0 fully saturated rings. The SMILES string of the molecule is Cc1ccc(S(=O)(=O)N2CC(C)(Cc3ccccc3)c3ccc(C)nc32)cc1. The lowest BCUT2D eigenvalue weighted by molar-refractivity contribution is 0.504. The van der Waals surface area contributed by atoms with E-state index >= 15 is 0 Å². The van der Waals surface area contributed by atoms with Gasteiger partial charge in [-0.25, -0.2) is 17.7 Å². The van der Waals surface area contributed by atoms with Gasteiger partial charge in [-0.3, -0.25) is 0 Å². The minimum atomic E-state index is -3.68. The Bertz CT molecular complexity index is 1110. The minimum absolute atomic E-state index is 0.302. The first-order chi connectivity index (χ1) is 13.3. The maximum Gasteiger partial charge on any atom is 0.265 e. The fourth-order valence-electron chi connectivity index (χ4n) is 3.92. The number of rotatable bonds is 4. The van der Waals surface area contributed by atoms with Crippen LogP contribution in [-0.4, -0.2) is 19.9 Å². The van der Waals surface area contributed by atoms with E-state index in [1.807, 2.05) is 56.3 Å². The molecule has 1 aliphatic heterocycles. The maximum atomic E-state index is 13.4. The van der Waals surface area contributed by atoms with Crippen molar-refractivity contribution in [2.24, 2.45) is 0 Å². The first kappa shape index (κ1) is 18.7. The second-order valence-corrected chi connectivity index (χ2v) is 9.73. The second kappa shape index (κ2) is 6.74. The summed E-state index contributed by atoms with van der Waals surface area (Å²) in [4.78, 5) is 4.93. The molecule has 144 valence electrons. The van der Waals surface area contributed by atoms with Gasteiger partial charge in [0.2, 0.25) is 0 Å². The number of nitrogens with zero attached hydrogens (tertiary/aromatic N) is 2. The number of aryl methyl sites for hydroxylation is 2. The number of aromatic nitrogens is 1. The van der Waals surface area contributed by atoms with Crippen molar-refractivity contribution >= 4 is 15.8 Å². The molecule has 0 saturated heterocycles. The summed E-state index contributed by atoms with van der Waals surface area (Å²) < 4.78 is 28.4. The standard InChI is InChI=1S/C23H24N2O2S/c1-17-9-12-20(13-10-17)28(26,27)25-16-23(3,15-19-7-5-4-6-8-19)21-14-11-18(2)24-22(21)25/h4-14H,15-16H2,1-3H3. The van der Waals surface area contributed by atoms with E-state index in [2.05, 4.69) is 24.0 Å². The van der Waals surface area contributed by atoms with Crippen LogP contribution in [0.1, 0.15) is 29.3 Å². The Morgan fingerprint density at radius 1 is 0.964 bits per heavy atom. The van der Waals surface area contributed by atoms with E-state index < -0.39 is 10.0 Å². The molecule has 4 rings (SSSR count). The topological polar surface area (TPSA) is 50.3 Å². The van der Waals surface area contributed by atoms with Gasteiger partial charge in [-0.15, -0.1) is 0 Å². The summed E-state index contributed by atoms with van der Waals surface area (Å²) in [5, 5.41) is 0. The van der Waals surface area contributed by atoms with Gasteiger partial charge in [0.15, 0.2) is 0 Å². The number of benzene rings is 2. The van der Waals surface area contributed by atoms with Gasteiger partial charge in [-0.05, 0) is 44.0 Å². The Labute approximate surface area is 166 Å². The van der Waals surface area contributed by atoms with E-state index in [1.54, 1.807) is 12.1 Å². The van der Waals surface area contributed by atoms with E-state index in [4.69, 9.17) is 0 Å². The summed E-state index contributed by atoms with van der Waals surface area (Å²) in [5.74, 6) is 0.555. The van der Waals surface area contributed by atoms with Crippen LogP contribution in [0.2, 0.25) is 0 Å². The van der Waals surface area contributed by atoms with Crippen molar-refractivity contribution in [3.05, 3.63) is 89.1 Å². The number of pyridine rings is 1. The van der Waals surface area contributed by atoms with E-state index in [9.17, 15) is 8.42 Å². The molecule has 2 aromatic carbocycles. The number of fused-ring (bicyclic) bond motifs is 1. The smallest absolute Gasteiger partial charge is 0.249 e. The highest BCUT2D eigenvalue weighted by Gasteiger charge is 2.45. The molecule has 1 atom stereocenters. The highest BCUT2D eigenvalue weighted by Crippen LogP contribution is 2.44. The van der Waals surface area contributed by atoms with Crippen LogP contribution in [0.25, 0.3) is 0 Å². The van der Waals surface area contributed by atoms with Crippen LogP contribution in [0, 0.1) is 13.8 Å². The molecule has 2 heterocycles. The Balaban J connectivity index is 1.80. The van der Waals surface area contributed by atoms with Crippen LogP contribution in [0.4, 0.5) is 5.82 Å². The van der Waals surface area contributed by atoms with E-state index in [0.29, 0.717) is 17.3 Å². The second-order valence-electron chi connectivity index (χ2n) is 7.87. The summed E-state index contributed by atoms with van der Waals surface area (Å²) in [6.07, 6.45) is 0.755. The van der Waals surface area contributed by atoms with Gasteiger partial charge in [0, 0.05) is 23.2 Å². The third-order valence-electron chi connectivity index (χ3n) is 5.44. The van der Waals surface area contributed by atoms with Gasteiger partial charge in [0.05, 0.1) is 4.90 Å². The molecule has 4 nitrogen and oxygen atoms in total. The van der Waals surface area contributed by atoms with Gasteiger partial charge < -0.3 is 0 Å². The molecule has 0 bridgehead atoms. The molecule has 28 heavy (non-hydrogen) atoms.